The molecule has 2 unspecified atom stereocenters. The maximum absolute atomic E-state index is 13.1. The lowest BCUT2D eigenvalue weighted by molar-refractivity contribution is -0.137. The third-order valence-corrected chi connectivity index (χ3v) is 8.07. The molecule has 1 saturated carbocycles. The molecule has 1 amide bonds. The van der Waals surface area contributed by atoms with Crippen LogP contribution in [0.2, 0.25) is 0 Å². The number of methoxy groups -OCH3 is 1. The van der Waals surface area contributed by atoms with Gasteiger partial charge in [-0.05, 0) is 80.0 Å². The fourth-order valence-electron chi connectivity index (χ4n) is 5.43. The summed E-state index contributed by atoms with van der Waals surface area (Å²) in [5, 5.41) is 3.11. The zero-order chi connectivity index (χ0) is 26.6. The molecule has 1 heterocycles. The van der Waals surface area contributed by atoms with E-state index in [4.69, 9.17) is 16.3 Å². The number of carbonyl (C=O) groups excluding carboxylic acids is 2. The minimum absolute atomic E-state index is 0.0253. The molecule has 2 aliphatic rings. The van der Waals surface area contributed by atoms with E-state index in [1.54, 1.807) is 12.1 Å². The van der Waals surface area contributed by atoms with Crippen molar-refractivity contribution in [1.29, 1.82) is 0 Å². The van der Waals surface area contributed by atoms with E-state index in [2.05, 4.69) is 5.32 Å². The molecular formula is C28H32ClF3N2O3. The second kappa shape index (κ2) is 11.8. The van der Waals surface area contributed by atoms with Crippen LogP contribution in [-0.4, -0.2) is 43.5 Å². The number of nitrogens with zero attached hydrogens (tertiary/aromatic N) is 1. The van der Waals surface area contributed by atoms with E-state index >= 15 is 0 Å². The van der Waals surface area contributed by atoms with Crippen LogP contribution in [0.4, 0.5) is 18.9 Å². The monoisotopic (exact) mass is 536 g/mol. The average Bonchev–Trinajstić information content (AvgIpc) is 3.36. The molecule has 0 radical (unpaired) electrons. The van der Waals surface area contributed by atoms with Crippen molar-refractivity contribution in [2.24, 2.45) is 11.8 Å². The fourth-order valence-corrected chi connectivity index (χ4v) is 5.91. The first kappa shape index (κ1) is 27.3. The van der Waals surface area contributed by atoms with Crippen LogP contribution in [-0.2, 0) is 22.1 Å². The zero-order valence-corrected chi connectivity index (χ0v) is 21.5. The number of anilines is 1. The summed E-state index contributed by atoms with van der Waals surface area (Å²) in [6.45, 7) is 1.24. The van der Waals surface area contributed by atoms with Crippen molar-refractivity contribution in [2.45, 2.75) is 56.1 Å². The molecule has 3 atom stereocenters. The number of alkyl halides is 4. The van der Waals surface area contributed by atoms with Gasteiger partial charge in [0.05, 0.1) is 18.2 Å². The first-order valence-corrected chi connectivity index (χ1v) is 13.1. The molecule has 4 rings (SSSR count). The van der Waals surface area contributed by atoms with Gasteiger partial charge in [-0.15, -0.1) is 11.6 Å². The van der Waals surface area contributed by atoms with Crippen LogP contribution in [0.15, 0.2) is 48.5 Å². The molecule has 1 N–H and O–H groups in total. The Morgan fingerprint density at radius 3 is 2.27 bits per heavy atom. The maximum atomic E-state index is 13.1. The second-order valence-corrected chi connectivity index (χ2v) is 10.5. The summed E-state index contributed by atoms with van der Waals surface area (Å²) >= 11 is 6.82. The molecule has 37 heavy (non-hydrogen) atoms. The van der Waals surface area contributed by atoms with Crippen LogP contribution < -0.4 is 10.2 Å². The van der Waals surface area contributed by atoms with Crippen molar-refractivity contribution in [3.05, 3.63) is 65.2 Å². The van der Waals surface area contributed by atoms with Crippen molar-refractivity contribution in [2.75, 3.05) is 25.1 Å². The van der Waals surface area contributed by atoms with E-state index < -0.39 is 11.7 Å². The lowest BCUT2D eigenvalue weighted by atomic mass is 9.91. The van der Waals surface area contributed by atoms with Gasteiger partial charge in [0.2, 0.25) is 5.91 Å². The Labute approximate surface area is 220 Å². The van der Waals surface area contributed by atoms with Crippen molar-refractivity contribution in [3.8, 4) is 0 Å². The second-order valence-electron chi connectivity index (χ2n) is 9.92. The first-order valence-electron chi connectivity index (χ1n) is 12.7. The number of ether oxygens (including phenoxy) is 1. The van der Waals surface area contributed by atoms with Gasteiger partial charge < -0.3 is 15.0 Å². The van der Waals surface area contributed by atoms with E-state index in [9.17, 15) is 22.8 Å². The van der Waals surface area contributed by atoms with Gasteiger partial charge >= 0.3 is 12.1 Å². The Hall–Kier alpha value is -2.74. The fraction of sp³-hybridized carbons (Fsp3) is 0.500. The van der Waals surface area contributed by atoms with E-state index in [-0.39, 0.29) is 35.1 Å². The third kappa shape index (κ3) is 6.78. The summed E-state index contributed by atoms with van der Waals surface area (Å²) in [7, 11) is 1.35. The van der Waals surface area contributed by atoms with E-state index in [1.165, 1.54) is 19.2 Å². The number of piperidine rings is 1. The number of rotatable bonds is 7. The van der Waals surface area contributed by atoms with E-state index in [1.807, 2.05) is 17.0 Å². The number of nitrogens with one attached hydrogen (secondary N) is 1. The van der Waals surface area contributed by atoms with Gasteiger partial charge in [0.25, 0.3) is 0 Å². The van der Waals surface area contributed by atoms with E-state index in [0.29, 0.717) is 37.9 Å². The first-order chi connectivity index (χ1) is 17.7. The number of carbonyl (C=O) groups is 2. The van der Waals surface area contributed by atoms with Gasteiger partial charge in [-0.2, -0.15) is 13.2 Å². The van der Waals surface area contributed by atoms with Crippen LogP contribution >= 0.6 is 11.6 Å². The summed E-state index contributed by atoms with van der Waals surface area (Å²) in [6, 6.07) is 12.5. The highest BCUT2D eigenvalue weighted by atomic mass is 35.5. The Kier molecular flexibility index (Phi) is 8.67. The highest BCUT2D eigenvalue weighted by Crippen LogP contribution is 2.34. The van der Waals surface area contributed by atoms with Gasteiger partial charge in [0.15, 0.2) is 0 Å². The minimum Gasteiger partial charge on any atom is -0.465 e. The van der Waals surface area contributed by atoms with Crippen molar-refractivity contribution < 1.29 is 27.5 Å². The van der Waals surface area contributed by atoms with Crippen molar-refractivity contribution in [1.82, 2.24) is 5.32 Å². The zero-order valence-electron chi connectivity index (χ0n) is 20.8. The van der Waals surface area contributed by atoms with Gasteiger partial charge in [0.1, 0.15) is 0 Å². The summed E-state index contributed by atoms with van der Waals surface area (Å²) < 4.78 is 43.2. The molecule has 1 saturated heterocycles. The number of amides is 1. The smallest absolute Gasteiger partial charge is 0.416 e. The van der Waals surface area contributed by atoms with Crippen LogP contribution in [0.25, 0.3) is 0 Å². The number of esters is 1. The molecule has 1 aliphatic carbocycles. The highest BCUT2D eigenvalue weighted by Gasteiger charge is 2.36. The summed E-state index contributed by atoms with van der Waals surface area (Å²) in [6.07, 6.45) is 0.454. The highest BCUT2D eigenvalue weighted by molar-refractivity contribution is 6.21. The Bertz CT molecular complexity index is 1070. The molecule has 1 aliphatic heterocycles. The Balaban J connectivity index is 1.27. The molecule has 5 nitrogen and oxygen atoms in total. The lowest BCUT2D eigenvalue weighted by Crippen LogP contribution is -2.46. The van der Waals surface area contributed by atoms with Gasteiger partial charge in [-0.3, -0.25) is 4.79 Å². The molecule has 0 aromatic heterocycles. The quantitative estimate of drug-likeness (QED) is 0.356. The molecular weight excluding hydrogens is 505 g/mol. The largest absolute Gasteiger partial charge is 0.465 e. The SMILES string of the molecule is COC(=O)c1ccc(CC(Cl)[C@H]2CCCC2NC(=O)C2CCN(c3ccc(C(F)(F)F)cc3)CC2)cc1. The maximum Gasteiger partial charge on any atom is 0.416 e. The van der Waals surface area contributed by atoms with Crippen molar-refractivity contribution in [3.63, 3.8) is 0 Å². The summed E-state index contributed by atoms with van der Waals surface area (Å²) in [4.78, 5) is 26.7. The number of hydrogen-bond acceptors (Lipinski definition) is 4. The number of halogens is 4. The predicted molar refractivity (Wildman–Crippen MR) is 137 cm³/mol. The molecule has 2 aromatic rings. The summed E-state index contributed by atoms with van der Waals surface area (Å²) in [5.41, 5.74) is 1.60. The van der Waals surface area contributed by atoms with E-state index in [0.717, 1.165) is 42.6 Å². The molecule has 9 heteroatoms. The normalized spacial score (nSPS) is 21.5. The average molecular weight is 537 g/mol. The minimum atomic E-state index is -4.35. The van der Waals surface area contributed by atoms with Crippen LogP contribution in [0.1, 0.15) is 53.6 Å². The molecule has 0 spiro atoms. The standard InChI is InChI=1S/C28H32ClF3N2O3/c1-37-27(36)20-7-5-18(6-8-20)17-24(29)23-3-2-4-25(23)33-26(35)19-13-15-34(16-14-19)22-11-9-21(10-12-22)28(30,31)32/h5-12,19,23-25H,2-4,13-17H2,1H3,(H,33,35)/t23-,24?,25?/m1/s1. The Morgan fingerprint density at radius 2 is 1.68 bits per heavy atom. The molecule has 2 fully saturated rings. The lowest BCUT2D eigenvalue weighted by Gasteiger charge is -2.34. The van der Waals surface area contributed by atoms with Crippen LogP contribution in [0.3, 0.4) is 0 Å². The van der Waals surface area contributed by atoms with Crippen molar-refractivity contribution >= 4 is 29.2 Å². The molecule has 200 valence electrons. The van der Waals surface area contributed by atoms with Crippen LogP contribution in [0.5, 0.6) is 0 Å². The number of hydrogen-bond donors (Lipinski definition) is 1. The third-order valence-electron chi connectivity index (χ3n) is 7.59. The van der Waals surface area contributed by atoms with Gasteiger partial charge in [-0.1, -0.05) is 18.6 Å². The van der Waals surface area contributed by atoms with Gasteiger partial charge in [0, 0.05) is 36.1 Å². The molecule has 0 bridgehead atoms. The topological polar surface area (TPSA) is 58.6 Å². The Morgan fingerprint density at radius 1 is 1.03 bits per heavy atom. The molecule has 2 aromatic carbocycles. The summed E-state index contributed by atoms with van der Waals surface area (Å²) in [5.74, 6) is -0.294. The van der Waals surface area contributed by atoms with Crippen LogP contribution in [0, 0.1) is 11.8 Å². The van der Waals surface area contributed by atoms with Gasteiger partial charge in [-0.25, -0.2) is 4.79 Å². The number of benzene rings is 2. The predicted octanol–water partition coefficient (Wildman–Crippen LogP) is 5.84.